The van der Waals surface area contributed by atoms with Gasteiger partial charge in [0.2, 0.25) is 5.91 Å². The molecular weight excluding hydrogens is 368 g/mol. The van der Waals surface area contributed by atoms with E-state index in [1.165, 1.54) is 0 Å². The number of carbonyl (C=O) groups excluding carboxylic acids is 2. The van der Waals surface area contributed by atoms with Gasteiger partial charge in [-0.1, -0.05) is 30.3 Å². The molecule has 0 saturated carbocycles. The predicted molar refractivity (Wildman–Crippen MR) is 111 cm³/mol. The molecule has 0 radical (unpaired) electrons. The van der Waals surface area contributed by atoms with Gasteiger partial charge >= 0.3 is 0 Å². The largest absolute Gasteiger partial charge is 0.491 e. The maximum atomic E-state index is 13.0. The Bertz CT molecular complexity index is 848. The molecule has 6 heteroatoms. The predicted octanol–water partition coefficient (Wildman–Crippen LogP) is 3.32. The molecule has 0 saturated heterocycles. The number of hydrogen-bond acceptors (Lipinski definition) is 4. The molecular formula is C23H28N2O4. The van der Waals surface area contributed by atoms with Gasteiger partial charge in [-0.05, 0) is 49.6 Å². The molecule has 1 aliphatic heterocycles. The highest BCUT2D eigenvalue weighted by atomic mass is 16.5. The molecule has 1 N–H and O–H groups in total. The van der Waals surface area contributed by atoms with Crippen molar-refractivity contribution < 1.29 is 19.1 Å². The van der Waals surface area contributed by atoms with Gasteiger partial charge in [0, 0.05) is 32.4 Å². The van der Waals surface area contributed by atoms with E-state index in [4.69, 9.17) is 9.47 Å². The zero-order valence-corrected chi connectivity index (χ0v) is 17.2. The van der Waals surface area contributed by atoms with Crippen LogP contribution in [0.1, 0.15) is 47.8 Å². The molecule has 0 aliphatic carbocycles. The number of carbonyl (C=O) groups is 2. The van der Waals surface area contributed by atoms with Crippen molar-refractivity contribution in [3.63, 3.8) is 0 Å². The fourth-order valence-corrected chi connectivity index (χ4v) is 3.48. The lowest BCUT2D eigenvalue weighted by Crippen LogP contribution is -2.39. The lowest BCUT2D eigenvalue weighted by molar-refractivity contribution is -0.125. The highest BCUT2D eigenvalue weighted by Gasteiger charge is 2.40. The molecule has 0 aromatic heterocycles. The average molecular weight is 396 g/mol. The molecule has 2 aromatic carbocycles. The lowest BCUT2D eigenvalue weighted by Gasteiger charge is -2.25. The van der Waals surface area contributed by atoms with E-state index in [2.05, 4.69) is 5.32 Å². The second-order valence-electron chi connectivity index (χ2n) is 7.37. The molecule has 2 aromatic rings. The number of rotatable bonds is 9. The number of nitrogens with one attached hydrogen (secondary N) is 1. The molecule has 0 bridgehead atoms. The van der Waals surface area contributed by atoms with Gasteiger partial charge < -0.3 is 19.7 Å². The van der Waals surface area contributed by atoms with Crippen LogP contribution in [0.15, 0.2) is 48.5 Å². The smallest absolute Gasteiger partial charge is 0.255 e. The topological polar surface area (TPSA) is 67.9 Å². The minimum Gasteiger partial charge on any atom is -0.491 e. The summed E-state index contributed by atoms with van der Waals surface area (Å²) in [5.41, 5.74) is 2.28. The number of benzene rings is 2. The van der Waals surface area contributed by atoms with E-state index >= 15 is 0 Å². The number of nitrogens with zero attached hydrogens (tertiary/aromatic N) is 1. The van der Waals surface area contributed by atoms with Gasteiger partial charge in [0.05, 0.1) is 6.10 Å². The summed E-state index contributed by atoms with van der Waals surface area (Å²) >= 11 is 0. The third kappa shape index (κ3) is 4.95. The highest BCUT2D eigenvalue weighted by Crippen LogP contribution is 2.35. The molecule has 0 unspecified atom stereocenters. The molecule has 154 valence electrons. The third-order valence-corrected chi connectivity index (χ3v) is 4.78. The van der Waals surface area contributed by atoms with E-state index in [1.807, 2.05) is 56.3 Å². The Morgan fingerprint density at radius 1 is 1.14 bits per heavy atom. The first kappa shape index (κ1) is 20.9. The van der Waals surface area contributed by atoms with Crippen LogP contribution in [0.2, 0.25) is 0 Å². The molecule has 0 spiro atoms. The number of methoxy groups -OCH3 is 1. The summed E-state index contributed by atoms with van der Waals surface area (Å²) < 4.78 is 10.7. The summed E-state index contributed by atoms with van der Waals surface area (Å²) in [6.07, 6.45) is 0.823. The van der Waals surface area contributed by atoms with Crippen LogP contribution in [-0.2, 0) is 16.1 Å². The van der Waals surface area contributed by atoms with E-state index in [0.717, 1.165) is 23.3 Å². The molecule has 0 fully saturated rings. The fourth-order valence-electron chi connectivity index (χ4n) is 3.48. The van der Waals surface area contributed by atoms with Crippen LogP contribution in [-0.4, -0.2) is 43.1 Å². The number of fused-ring (bicyclic) bond motifs is 1. The van der Waals surface area contributed by atoms with E-state index in [1.54, 1.807) is 18.1 Å². The van der Waals surface area contributed by atoms with Gasteiger partial charge in [0.15, 0.2) is 0 Å². The maximum absolute atomic E-state index is 13.0. The van der Waals surface area contributed by atoms with Crippen molar-refractivity contribution in [1.29, 1.82) is 0 Å². The monoisotopic (exact) mass is 396 g/mol. The average Bonchev–Trinajstić information content (AvgIpc) is 2.98. The number of amides is 2. The second kappa shape index (κ2) is 9.56. The molecule has 6 nitrogen and oxygen atoms in total. The summed E-state index contributed by atoms with van der Waals surface area (Å²) in [7, 11) is 1.63. The Morgan fingerprint density at radius 3 is 2.55 bits per heavy atom. The lowest BCUT2D eigenvalue weighted by atomic mass is 10.0. The van der Waals surface area contributed by atoms with E-state index in [-0.39, 0.29) is 17.9 Å². The number of ether oxygens (including phenoxy) is 2. The Morgan fingerprint density at radius 2 is 1.86 bits per heavy atom. The van der Waals surface area contributed by atoms with Crippen molar-refractivity contribution >= 4 is 11.8 Å². The van der Waals surface area contributed by atoms with Crippen LogP contribution in [0.5, 0.6) is 5.75 Å². The van der Waals surface area contributed by atoms with Gasteiger partial charge in [-0.2, -0.15) is 0 Å². The minimum absolute atomic E-state index is 0.0988. The van der Waals surface area contributed by atoms with Gasteiger partial charge in [-0.3, -0.25) is 9.59 Å². The van der Waals surface area contributed by atoms with Gasteiger partial charge in [-0.15, -0.1) is 0 Å². The SMILES string of the molecule is COCCCNC(=O)[C@H]1c2ccccc2C(=O)N1Cc1ccc(OC(C)C)cc1. The van der Waals surface area contributed by atoms with E-state index < -0.39 is 6.04 Å². The Labute approximate surface area is 171 Å². The van der Waals surface area contributed by atoms with Gasteiger partial charge in [-0.25, -0.2) is 0 Å². The second-order valence-corrected chi connectivity index (χ2v) is 7.37. The molecule has 2 amide bonds. The van der Waals surface area contributed by atoms with Crippen molar-refractivity contribution in [3.8, 4) is 5.75 Å². The van der Waals surface area contributed by atoms with Crippen LogP contribution in [0.3, 0.4) is 0 Å². The zero-order valence-electron chi connectivity index (χ0n) is 17.2. The van der Waals surface area contributed by atoms with Crippen molar-refractivity contribution in [2.45, 2.75) is 39.0 Å². The standard InChI is InChI=1S/C23H28N2O4/c1-16(2)29-18-11-9-17(10-12-18)15-25-21(22(26)24-13-6-14-28-3)19-7-4-5-8-20(19)23(25)27/h4-5,7-12,16,21H,6,13-15H2,1-3H3,(H,24,26)/t21-/m1/s1. The molecule has 3 rings (SSSR count). The zero-order chi connectivity index (χ0) is 20.8. The summed E-state index contributed by atoms with van der Waals surface area (Å²) in [6, 6.07) is 14.3. The first-order chi connectivity index (χ1) is 14.0. The van der Waals surface area contributed by atoms with E-state index in [9.17, 15) is 9.59 Å². The highest BCUT2D eigenvalue weighted by molar-refractivity contribution is 6.04. The third-order valence-electron chi connectivity index (χ3n) is 4.78. The minimum atomic E-state index is -0.632. The Hall–Kier alpha value is -2.86. The van der Waals surface area contributed by atoms with E-state index in [0.29, 0.717) is 25.3 Å². The van der Waals surface area contributed by atoms with Crippen LogP contribution >= 0.6 is 0 Å². The van der Waals surface area contributed by atoms with Crippen molar-refractivity contribution in [1.82, 2.24) is 10.2 Å². The van der Waals surface area contributed by atoms with Gasteiger partial charge in [0.1, 0.15) is 11.8 Å². The maximum Gasteiger partial charge on any atom is 0.255 e. The Balaban J connectivity index is 1.78. The first-order valence-electron chi connectivity index (χ1n) is 9.93. The molecule has 29 heavy (non-hydrogen) atoms. The van der Waals surface area contributed by atoms with Crippen LogP contribution < -0.4 is 10.1 Å². The quantitative estimate of drug-likeness (QED) is 0.660. The fraction of sp³-hybridized carbons (Fsp3) is 0.391. The van der Waals surface area contributed by atoms with Crippen LogP contribution in [0, 0.1) is 0 Å². The van der Waals surface area contributed by atoms with Crippen molar-refractivity contribution in [2.24, 2.45) is 0 Å². The summed E-state index contributed by atoms with van der Waals surface area (Å²) in [5.74, 6) is 0.492. The van der Waals surface area contributed by atoms with Crippen molar-refractivity contribution in [2.75, 3.05) is 20.3 Å². The first-order valence-corrected chi connectivity index (χ1v) is 9.93. The molecule has 1 atom stereocenters. The normalized spacial score (nSPS) is 15.5. The summed E-state index contributed by atoms with van der Waals surface area (Å²) in [5, 5.41) is 2.93. The van der Waals surface area contributed by atoms with Crippen LogP contribution in [0.25, 0.3) is 0 Å². The van der Waals surface area contributed by atoms with Gasteiger partial charge in [0.25, 0.3) is 5.91 Å². The van der Waals surface area contributed by atoms with Crippen LogP contribution in [0.4, 0.5) is 0 Å². The number of hydrogen-bond donors (Lipinski definition) is 1. The molecule has 1 heterocycles. The Kier molecular flexibility index (Phi) is 6.88. The summed E-state index contributed by atoms with van der Waals surface area (Å²) in [4.78, 5) is 27.6. The van der Waals surface area contributed by atoms with Crippen molar-refractivity contribution in [3.05, 3.63) is 65.2 Å². The molecule has 1 aliphatic rings. The summed E-state index contributed by atoms with van der Waals surface area (Å²) in [6.45, 7) is 5.39.